The van der Waals surface area contributed by atoms with E-state index >= 15 is 0 Å². The maximum Gasteiger partial charge on any atom is 0.305 e. The Morgan fingerprint density at radius 2 is 2.31 bits per heavy atom. The molecule has 10 heteroatoms. The highest BCUT2D eigenvalue weighted by Gasteiger charge is 2.32. The average Bonchev–Trinajstić information content (AvgIpc) is 2.92. The Balaban J connectivity index is 2.09. The summed E-state index contributed by atoms with van der Waals surface area (Å²) < 4.78 is 19.8. The van der Waals surface area contributed by atoms with Crippen LogP contribution in [0.4, 0.5) is 4.39 Å². The number of nitrogens with zero attached hydrogens (tertiary/aromatic N) is 2. The molecule has 0 radical (unpaired) electrons. The van der Waals surface area contributed by atoms with E-state index in [2.05, 4.69) is 15.5 Å². The molecule has 1 heterocycles. The second-order valence-electron chi connectivity index (χ2n) is 5.32. The number of unbranched alkanes of at least 4 members (excludes halogenated alkanes) is 1. The number of rotatable bonds is 8. The molecular weight excluding hydrogens is 385 g/mol. The molecular formula is C16H17ClFN3O4S. The smallest absolute Gasteiger partial charge is 0.305 e. The molecule has 2 N–H and O–H groups in total. The summed E-state index contributed by atoms with van der Waals surface area (Å²) in [6.45, 7) is 2.39. The number of thioether (sulfide) groups is 1. The van der Waals surface area contributed by atoms with Gasteiger partial charge < -0.3 is 15.2 Å². The van der Waals surface area contributed by atoms with Crippen molar-refractivity contribution >= 4 is 46.6 Å². The lowest BCUT2D eigenvalue weighted by atomic mass is 10.2. The number of halogens is 2. The number of amides is 1. The van der Waals surface area contributed by atoms with E-state index in [0.717, 1.165) is 30.8 Å². The van der Waals surface area contributed by atoms with Crippen molar-refractivity contribution in [2.75, 3.05) is 6.61 Å². The predicted octanol–water partition coefficient (Wildman–Crippen LogP) is 3.05. The molecule has 1 aromatic rings. The molecule has 7 nitrogen and oxygen atoms in total. The Morgan fingerprint density at radius 3 is 3.00 bits per heavy atom. The first kappa shape index (κ1) is 20.2. The molecule has 140 valence electrons. The van der Waals surface area contributed by atoms with E-state index in [-0.39, 0.29) is 27.9 Å². The molecule has 0 aromatic heterocycles. The SMILES string of the molecule is CCCCOc1ccc(Cl)c(C=NN=C2NC(=O)C(CC(=O)O)S2)c1F. The van der Waals surface area contributed by atoms with Crippen molar-refractivity contribution in [2.45, 2.75) is 31.4 Å². The van der Waals surface area contributed by atoms with Crippen LogP contribution in [0.5, 0.6) is 5.75 Å². The monoisotopic (exact) mass is 401 g/mol. The van der Waals surface area contributed by atoms with Gasteiger partial charge in [0.2, 0.25) is 5.91 Å². The number of carbonyl (C=O) groups is 2. The third-order valence-corrected chi connectivity index (χ3v) is 4.72. The number of benzene rings is 1. The third-order valence-electron chi connectivity index (χ3n) is 3.32. The number of carboxylic acids is 1. The summed E-state index contributed by atoms with van der Waals surface area (Å²) in [4.78, 5) is 22.3. The second-order valence-corrected chi connectivity index (χ2v) is 6.92. The van der Waals surface area contributed by atoms with Crippen molar-refractivity contribution < 1.29 is 23.8 Å². The number of carboxylic acid groups (broad SMARTS) is 1. The van der Waals surface area contributed by atoms with E-state index in [1.807, 2.05) is 6.92 Å². The lowest BCUT2D eigenvalue weighted by Crippen LogP contribution is -2.26. The van der Waals surface area contributed by atoms with Gasteiger partial charge in [0, 0.05) is 0 Å². The Labute approximate surface area is 158 Å². The number of ether oxygens (including phenoxy) is 1. The van der Waals surface area contributed by atoms with E-state index in [0.29, 0.717) is 6.61 Å². The summed E-state index contributed by atoms with van der Waals surface area (Å²) in [5.74, 6) is -2.12. The summed E-state index contributed by atoms with van der Waals surface area (Å²) in [6, 6.07) is 2.94. The third kappa shape index (κ3) is 5.43. The van der Waals surface area contributed by atoms with Gasteiger partial charge in [-0.3, -0.25) is 9.59 Å². The number of nitrogens with one attached hydrogen (secondary N) is 1. The molecule has 26 heavy (non-hydrogen) atoms. The first-order valence-corrected chi connectivity index (χ1v) is 9.09. The van der Waals surface area contributed by atoms with Gasteiger partial charge in [0.25, 0.3) is 0 Å². The highest BCUT2D eigenvalue weighted by molar-refractivity contribution is 8.15. The van der Waals surface area contributed by atoms with Gasteiger partial charge in [0.05, 0.1) is 29.8 Å². The van der Waals surface area contributed by atoms with Gasteiger partial charge in [-0.2, -0.15) is 5.10 Å². The van der Waals surface area contributed by atoms with Crippen molar-refractivity contribution in [1.29, 1.82) is 0 Å². The van der Waals surface area contributed by atoms with Gasteiger partial charge >= 0.3 is 5.97 Å². The zero-order valence-corrected chi connectivity index (χ0v) is 15.4. The molecule has 1 atom stereocenters. The molecule has 0 bridgehead atoms. The highest BCUT2D eigenvalue weighted by atomic mass is 35.5. The zero-order chi connectivity index (χ0) is 19.1. The first-order valence-electron chi connectivity index (χ1n) is 7.83. The van der Waals surface area contributed by atoms with Gasteiger partial charge in [-0.1, -0.05) is 36.7 Å². The van der Waals surface area contributed by atoms with E-state index < -0.39 is 22.9 Å². The number of aliphatic carboxylic acids is 1. The van der Waals surface area contributed by atoms with Gasteiger partial charge in [-0.15, -0.1) is 5.10 Å². The number of hydrogen-bond acceptors (Lipinski definition) is 6. The second kappa shape index (κ2) is 9.54. The van der Waals surface area contributed by atoms with Crippen LogP contribution < -0.4 is 10.1 Å². The Bertz CT molecular complexity index is 757. The van der Waals surface area contributed by atoms with Gasteiger partial charge in [-0.25, -0.2) is 4.39 Å². The maximum absolute atomic E-state index is 14.4. The normalized spacial score (nSPS) is 18.5. The van der Waals surface area contributed by atoms with Gasteiger partial charge in [0.15, 0.2) is 16.7 Å². The van der Waals surface area contributed by atoms with E-state index in [1.54, 1.807) is 0 Å². The van der Waals surface area contributed by atoms with Gasteiger partial charge in [0.1, 0.15) is 5.25 Å². The van der Waals surface area contributed by atoms with E-state index in [4.69, 9.17) is 21.4 Å². The molecule has 1 aliphatic heterocycles. The fourth-order valence-electron chi connectivity index (χ4n) is 1.99. The number of amidine groups is 1. The van der Waals surface area contributed by atoms with Crippen LogP contribution in [0.25, 0.3) is 0 Å². The van der Waals surface area contributed by atoms with Crippen LogP contribution in [-0.2, 0) is 9.59 Å². The predicted molar refractivity (Wildman–Crippen MR) is 98.6 cm³/mol. The van der Waals surface area contributed by atoms with Crippen molar-refractivity contribution in [2.24, 2.45) is 10.2 Å². The van der Waals surface area contributed by atoms with E-state index in [1.165, 1.54) is 12.1 Å². The Morgan fingerprint density at radius 1 is 1.54 bits per heavy atom. The molecule has 0 spiro atoms. The standard InChI is InChI=1S/C16H17ClFN3O4S/c1-2-3-6-25-11-5-4-10(17)9(14(11)18)8-19-21-16-20-15(24)12(26-16)7-13(22)23/h4-5,8,12H,2-3,6-7H2,1H3,(H,22,23)(H,20,21,24). The summed E-state index contributed by atoms with van der Waals surface area (Å²) in [5, 5.41) is 18.2. The van der Waals surface area contributed by atoms with Crippen molar-refractivity contribution in [3.8, 4) is 5.75 Å². The quantitative estimate of drug-likeness (QED) is 0.396. The summed E-state index contributed by atoms with van der Waals surface area (Å²) in [7, 11) is 0. The molecule has 1 saturated heterocycles. The van der Waals surface area contributed by atoms with E-state index in [9.17, 15) is 14.0 Å². The van der Waals surface area contributed by atoms with Crippen LogP contribution in [0.2, 0.25) is 5.02 Å². The van der Waals surface area contributed by atoms with Crippen LogP contribution in [-0.4, -0.2) is 40.2 Å². The minimum Gasteiger partial charge on any atom is -0.490 e. The topological polar surface area (TPSA) is 100 Å². The summed E-state index contributed by atoms with van der Waals surface area (Å²) >= 11 is 6.94. The minimum atomic E-state index is -1.09. The lowest BCUT2D eigenvalue weighted by molar-refractivity contribution is -0.138. The fraction of sp³-hybridized carbons (Fsp3) is 0.375. The molecule has 1 amide bonds. The maximum atomic E-state index is 14.4. The minimum absolute atomic E-state index is 0.0152. The molecule has 0 aliphatic carbocycles. The number of hydrogen-bond donors (Lipinski definition) is 2. The van der Waals surface area contributed by atoms with Crippen molar-refractivity contribution in [1.82, 2.24) is 5.32 Å². The van der Waals surface area contributed by atoms with Crippen LogP contribution in [0, 0.1) is 5.82 Å². The van der Waals surface area contributed by atoms with Gasteiger partial charge in [-0.05, 0) is 18.6 Å². The lowest BCUT2D eigenvalue weighted by Gasteiger charge is -2.08. The van der Waals surface area contributed by atoms with Crippen molar-refractivity contribution in [3.05, 3.63) is 28.5 Å². The Kier molecular flexibility index (Phi) is 7.40. The Hall–Kier alpha value is -2.13. The molecule has 1 fully saturated rings. The molecule has 1 aliphatic rings. The van der Waals surface area contributed by atoms with Crippen LogP contribution in [0.1, 0.15) is 31.7 Å². The average molecular weight is 402 g/mol. The van der Waals surface area contributed by atoms with Crippen LogP contribution in [0.15, 0.2) is 22.3 Å². The fourth-order valence-corrected chi connectivity index (χ4v) is 3.10. The first-order chi connectivity index (χ1) is 12.4. The summed E-state index contributed by atoms with van der Waals surface area (Å²) in [5.41, 5.74) is 0.0152. The van der Waals surface area contributed by atoms with Crippen molar-refractivity contribution in [3.63, 3.8) is 0 Å². The summed E-state index contributed by atoms with van der Waals surface area (Å²) in [6.07, 6.45) is 2.52. The zero-order valence-electron chi connectivity index (χ0n) is 13.9. The molecule has 0 saturated carbocycles. The number of carbonyl (C=O) groups excluding carboxylic acids is 1. The molecule has 1 unspecified atom stereocenters. The van der Waals surface area contributed by atoms with Crippen LogP contribution in [0.3, 0.4) is 0 Å². The highest BCUT2D eigenvalue weighted by Crippen LogP contribution is 2.27. The largest absolute Gasteiger partial charge is 0.490 e. The van der Waals surface area contributed by atoms with Crippen LogP contribution >= 0.6 is 23.4 Å². The molecule has 2 rings (SSSR count). The molecule has 1 aromatic carbocycles.